The van der Waals surface area contributed by atoms with Crippen molar-refractivity contribution in [2.75, 3.05) is 20.1 Å². The van der Waals surface area contributed by atoms with Crippen molar-refractivity contribution in [2.45, 2.75) is 11.4 Å². The van der Waals surface area contributed by atoms with Crippen LogP contribution in [0.25, 0.3) is 0 Å². The quantitative estimate of drug-likeness (QED) is 0.343. The third-order valence-corrected chi connectivity index (χ3v) is 3.13. The summed E-state index contributed by atoms with van der Waals surface area (Å²) in [4.78, 5) is -0.447. The summed E-state index contributed by atoms with van der Waals surface area (Å²) in [6.45, 7) is 0.358. The first-order valence-corrected chi connectivity index (χ1v) is 4.62. The Hall–Kier alpha value is 0.830. The molecule has 1 N–H and O–H groups in total. The van der Waals surface area contributed by atoms with E-state index in [4.69, 9.17) is 0 Å². The van der Waals surface area contributed by atoms with Gasteiger partial charge in [-0.25, -0.2) is 8.42 Å². The van der Waals surface area contributed by atoms with Gasteiger partial charge in [-0.1, -0.05) is 0 Å². The summed E-state index contributed by atoms with van der Waals surface area (Å²) in [5.41, 5.74) is 0. The van der Waals surface area contributed by atoms with Gasteiger partial charge in [0, 0.05) is 19.5 Å². The van der Waals surface area contributed by atoms with Crippen LogP contribution in [0.15, 0.2) is 0 Å². The molecule has 1 rings (SSSR count). The number of nitrogens with zero attached hydrogens (tertiary/aromatic N) is 1. The normalized spacial score (nSPS) is 31.6. The SMILES string of the molecule is CN1CCC(O)(S(=O)(=O)[O-])C1.[Na+]. The maximum Gasteiger partial charge on any atom is 1.00 e. The largest absolute Gasteiger partial charge is 1.00 e. The van der Waals surface area contributed by atoms with Gasteiger partial charge in [-0.2, -0.15) is 0 Å². The molecule has 0 bridgehead atoms. The predicted molar refractivity (Wildman–Crippen MR) is 36.8 cm³/mol. The van der Waals surface area contributed by atoms with Crippen molar-refractivity contribution in [3.63, 3.8) is 0 Å². The molecule has 0 spiro atoms. The van der Waals surface area contributed by atoms with Crippen LogP contribution in [0, 0.1) is 0 Å². The Labute approximate surface area is 93.8 Å². The van der Waals surface area contributed by atoms with Crippen molar-refractivity contribution in [3.8, 4) is 0 Å². The first-order chi connectivity index (χ1) is 4.85. The fourth-order valence-electron chi connectivity index (χ4n) is 1.15. The number of rotatable bonds is 1. The number of hydrogen-bond acceptors (Lipinski definition) is 5. The van der Waals surface area contributed by atoms with Gasteiger partial charge in [0.15, 0.2) is 4.93 Å². The second kappa shape index (κ2) is 3.91. The molecule has 1 aliphatic rings. The van der Waals surface area contributed by atoms with Crippen LogP contribution in [0.1, 0.15) is 6.42 Å². The Kier molecular flexibility index (Phi) is 4.18. The Morgan fingerprint density at radius 3 is 2.25 bits per heavy atom. The smallest absolute Gasteiger partial charge is 0.746 e. The molecule has 0 aliphatic carbocycles. The fraction of sp³-hybridized carbons (Fsp3) is 1.00. The predicted octanol–water partition coefficient (Wildman–Crippen LogP) is -4.44. The average molecular weight is 203 g/mol. The molecular weight excluding hydrogens is 193 g/mol. The van der Waals surface area contributed by atoms with E-state index in [-0.39, 0.29) is 42.5 Å². The first kappa shape index (κ1) is 12.8. The summed E-state index contributed by atoms with van der Waals surface area (Å²) < 4.78 is 31.4. The molecule has 0 amide bonds. The van der Waals surface area contributed by atoms with Crippen molar-refractivity contribution >= 4 is 10.1 Å². The molecule has 0 aromatic heterocycles. The molecule has 1 heterocycles. The molecule has 0 radical (unpaired) electrons. The van der Waals surface area contributed by atoms with E-state index in [0.717, 1.165) is 0 Å². The summed E-state index contributed by atoms with van der Waals surface area (Å²) in [6, 6.07) is 0. The Bertz CT molecular complexity index is 254. The second-order valence-electron chi connectivity index (χ2n) is 2.89. The monoisotopic (exact) mass is 203 g/mol. The molecule has 1 aliphatic heterocycles. The van der Waals surface area contributed by atoms with Crippen molar-refractivity contribution in [1.82, 2.24) is 4.90 Å². The fourth-order valence-corrected chi connectivity index (χ4v) is 1.87. The minimum atomic E-state index is -4.57. The first-order valence-electron chi connectivity index (χ1n) is 3.21. The molecule has 1 unspecified atom stereocenters. The van der Waals surface area contributed by atoms with Crippen molar-refractivity contribution in [3.05, 3.63) is 0 Å². The number of likely N-dealkylation sites (N-methyl/N-ethyl adjacent to an activating group) is 1. The van der Waals surface area contributed by atoms with Gasteiger partial charge in [-0.05, 0) is 7.05 Å². The van der Waals surface area contributed by atoms with Gasteiger partial charge in [0.25, 0.3) is 0 Å². The van der Waals surface area contributed by atoms with Gasteiger partial charge in [0.05, 0.1) is 0 Å². The van der Waals surface area contributed by atoms with E-state index in [1.54, 1.807) is 11.9 Å². The van der Waals surface area contributed by atoms with E-state index in [0.29, 0.717) is 6.54 Å². The van der Waals surface area contributed by atoms with Crippen LogP contribution >= 0.6 is 0 Å². The number of aliphatic hydroxyl groups is 1. The van der Waals surface area contributed by atoms with E-state index in [9.17, 15) is 18.1 Å². The molecule has 1 atom stereocenters. The van der Waals surface area contributed by atoms with E-state index in [2.05, 4.69) is 0 Å². The van der Waals surface area contributed by atoms with Crippen LogP contribution in [-0.4, -0.2) is 48.0 Å². The molecule has 1 saturated heterocycles. The minimum Gasteiger partial charge on any atom is -0.746 e. The standard InChI is InChI=1S/C5H11NO4S.Na/c1-6-3-2-5(7,4-6)11(8,9)10;/h7H,2-4H2,1H3,(H,8,9,10);/q;+1/p-1. The number of β-amino-alcohol motifs (C(OH)–C–C–N with tert-alkyl or cyclic N) is 1. The van der Waals surface area contributed by atoms with Crippen LogP contribution in [-0.2, 0) is 10.1 Å². The van der Waals surface area contributed by atoms with Crippen LogP contribution in [0.3, 0.4) is 0 Å². The zero-order valence-electron chi connectivity index (χ0n) is 7.15. The topological polar surface area (TPSA) is 80.7 Å². The third-order valence-electron chi connectivity index (χ3n) is 1.87. The molecular formula is C5H10NNaO4S. The number of likely N-dealkylation sites (tertiary alicyclic amines) is 1. The zero-order chi connectivity index (χ0) is 8.70. The second-order valence-corrected chi connectivity index (χ2v) is 4.56. The Balaban J connectivity index is 0.00000121. The Morgan fingerprint density at radius 2 is 2.08 bits per heavy atom. The van der Waals surface area contributed by atoms with E-state index < -0.39 is 15.1 Å². The Morgan fingerprint density at radius 1 is 1.58 bits per heavy atom. The van der Waals surface area contributed by atoms with Gasteiger partial charge in [-0.15, -0.1) is 0 Å². The van der Waals surface area contributed by atoms with Crippen LogP contribution in [0.4, 0.5) is 0 Å². The maximum atomic E-state index is 10.5. The van der Waals surface area contributed by atoms with Crippen molar-refractivity contribution < 1.29 is 47.6 Å². The molecule has 1 fully saturated rings. The summed E-state index contributed by atoms with van der Waals surface area (Å²) in [5.74, 6) is 0. The molecule has 12 heavy (non-hydrogen) atoms. The molecule has 5 nitrogen and oxygen atoms in total. The van der Waals surface area contributed by atoms with E-state index in [1.807, 2.05) is 0 Å². The van der Waals surface area contributed by atoms with Gasteiger partial charge in [0.2, 0.25) is 0 Å². The summed E-state index contributed by atoms with van der Waals surface area (Å²) >= 11 is 0. The molecule has 0 aromatic carbocycles. The third kappa shape index (κ3) is 2.41. The zero-order valence-corrected chi connectivity index (χ0v) is 9.97. The van der Waals surface area contributed by atoms with E-state index >= 15 is 0 Å². The molecule has 66 valence electrons. The maximum absolute atomic E-state index is 10.5. The molecule has 0 aromatic rings. The summed E-state index contributed by atoms with van der Waals surface area (Å²) in [6.07, 6.45) is 0.00926. The van der Waals surface area contributed by atoms with Crippen molar-refractivity contribution in [1.29, 1.82) is 0 Å². The van der Waals surface area contributed by atoms with Crippen LogP contribution in [0.5, 0.6) is 0 Å². The minimum absolute atomic E-state index is 0. The van der Waals surface area contributed by atoms with Gasteiger partial charge in [-0.3, -0.25) is 0 Å². The average Bonchev–Trinajstić information content (AvgIpc) is 2.10. The molecule has 0 saturated carbocycles. The summed E-state index contributed by atoms with van der Waals surface area (Å²) in [7, 11) is -2.92. The van der Waals surface area contributed by atoms with Crippen molar-refractivity contribution in [2.24, 2.45) is 0 Å². The van der Waals surface area contributed by atoms with Gasteiger partial charge in [0.1, 0.15) is 10.1 Å². The van der Waals surface area contributed by atoms with Crippen LogP contribution < -0.4 is 29.6 Å². The van der Waals surface area contributed by atoms with Gasteiger partial charge < -0.3 is 14.6 Å². The molecule has 7 heteroatoms. The number of hydrogen-bond donors (Lipinski definition) is 1. The summed E-state index contributed by atoms with van der Waals surface area (Å²) in [5, 5.41) is 9.26. The van der Waals surface area contributed by atoms with Crippen LogP contribution in [0.2, 0.25) is 0 Å². The van der Waals surface area contributed by atoms with E-state index in [1.165, 1.54) is 0 Å². The van der Waals surface area contributed by atoms with Gasteiger partial charge >= 0.3 is 29.6 Å².